The molecule has 0 aliphatic carbocycles. The van der Waals surface area contributed by atoms with Crippen LogP contribution in [0, 0.1) is 18.3 Å². The monoisotopic (exact) mass is 266 g/mol. The number of nitrogens with zero attached hydrogens (tertiary/aromatic N) is 1. The Morgan fingerprint density at radius 1 is 1.32 bits per heavy atom. The molecule has 2 aromatic heterocycles. The first-order chi connectivity index (χ1) is 9.19. The maximum Gasteiger partial charge on any atom is 0.205 e. The number of aromatic nitrogens is 1. The molecule has 1 aromatic carbocycles. The number of ketones is 1. The smallest absolute Gasteiger partial charge is 0.205 e. The first-order valence-corrected chi connectivity index (χ1v) is 6.63. The van der Waals surface area contributed by atoms with E-state index in [1.54, 1.807) is 18.3 Å². The highest BCUT2D eigenvalue weighted by Gasteiger charge is 2.15. The van der Waals surface area contributed by atoms with Crippen LogP contribution in [0.2, 0.25) is 0 Å². The quantitative estimate of drug-likeness (QED) is 0.720. The maximum absolute atomic E-state index is 12.4. The Balaban J connectivity index is 2.11. The van der Waals surface area contributed by atoms with Crippen molar-refractivity contribution in [2.24, 2.45) is 0 Å². The molecule has 0 aliphatic heterocycles. The molecule has 19 heavy (non-hydrogen) atoms. The van der Waals surface area contributed by atoms with E-state index in [0.29, 0.717) is 11.1 Å². The van der Waals surface area contributed by atoms with Crippen molar-refractivity contribution < 1.29 is 4.79 Å². The molecular formula is C15H10N2OS. The first kappa shape index (κ1) is 11.7. The molecule has 92 valence electrons. The largest absolute Gasteiger partial charge is 0.360 e. The molecule has 1 N–H and O–H groups in total. The number of carbonyl (C=O) groups is 1. The number of hydrogen-bond acceptors (Lipinski definition) is 3. The van der Waals surface area contributed by atoms with Gasteiger partial charge in [0, 0.05) is 27.5 Å². The molecule has 0 fully saturated rings. The van der Waals surface area contributed by atoms with Gasteiger partial charge in [-0.25, -0.2) is 0 Å². The summed E-state index contributed by atoms with van der Waals surface area (Å²) in [5.74, 6) is 0.0223. The van der Waals surface area contributed by atoms with Crippen LogP contribution in [-0.4, -0.2) is 10.8 Å². The summed E-state index contributed by atoms with van der Waals surface area (Å²) in [7, 11) is 0. The Bertz CT molecular complexity index is 820. The Morgan fingerprint density at radius 3 is 2.84 bits per heavy atom. The topological polar surface area (TPSA) is 56.6 Å². The Hall–Kier alpha value is -2.38. The third-order valence-corrected chi connectivity index (χ3v) is 4.02. The fourth-order valence-electron chi connectivity index (χ4n) is 2.07. The average Bonchev–Trinajstić information content (AvgIpc) is 3.03. The number of benzene rings is 1. The zero-order valence-corrected chi connectivity index (χ0v) is 11.0. The van der Waals surface area contributed by atoms with Crippen molar-refractivity contribution >= 4 is 28.0 Å². The number of thiophene rings is 1. The maximum atomic E-state index is 12.4. The van der Waals surface area contributed by atoms with E-state index in [1.165, 1.54) is 11.3 Å². The molecule has 0 bridgehead atoms. The molecule has 0 amide bonds. The second kappa shape index (κ2) is 4.38. The van der Waals surface area contributed by atoms with E-state index in [0.717, 1.165) is 20.7 Å². The molecule has 3 aromatic rings. The van der Waals surface area contributed by atoms with E-state index in [1.807, 2.05) is 25.1 Å². The second-order valence-corrected chi connectivity index (χ2v) is 5.60. The van der Waals surface area contributed by atoms with Gasteiger partial charge >= 0.3 is 0 Å². The molecule has 0 spiro atoms. The number of hydrogen-bond donors (Lipinski definition) is 1. The van der Waals surface area contributed by atoms with Crippen LogP contribution in [-0.2, 0) is 0 Å². The predicted octanol–water partition coefficient (Wildman–Crippen LogP) is 3.64. The summed E-state index contributed by atoms with van der Waals surface area (Å²) in [6.07, 6.45) is 1.71. The zero-order chi connectivity index (χ0) is 13.4. The average molecular weight is 266 g/mol. The van der Waals surface area contributed by atoms with E-state index in [-0.39, 0.29) is 5.78 Å². The van der Waals surface area contributed by atoms with Gasteiger partial charge in [-0.05, 0) is 31.2 Å². The van der Waals surface area contributed by atoms with Crippen molar-refractivity contribution in [1.29, 1.82) is 5.26 Å². The Morgan fingerprint density at radius 2 is 2.16 bits per heavy atom. The predicted molar refractivity (Wildman–Crippen MR) is 75.5 cm³/mol. The van der Waals surface area contributed by atoms with Crippen LogP contribution in [0.15, 0.2) is 36.5 Å². The molecule has 0 saturated heterocycles. The van der Waals surface area contributed by atoms with Gasteiger partial charge in [0.15, 0.2) is 0 Å². The number of nitriles is 1. The SMILES string of the molecule is Cc1ccc(C(=O)c2c[nH]c3cc(C#N)ccc23)s1. The third kappa shape index (κ3) is 1.94. The number of carbonyl (C=O) groups excluding carboxylic acids is 1. The van der Waals surface area contributed by atoms with Crippen molar-refractivity contribution in [2.75, 3.05) is 0 Å². The van der Waals surface area contributed by atoms with E-state index in [2.05, 4.69) is 11.1 Å². The summed E-state index contributed by atoms with van der Waals surface area (Å²) in [5.41, 5.74) is 2.05. The molecule has 0 aliphatic rings. The van der Waals surface area contributed by atoms with Gasteiger partial charge in [0.25, 0.3) is 0 Å². The molecule has 0 radical (unpaired) electrons. The normalized spacial score (nSPS) is 10.5. The summed E-state index contributed by atoms with van der Waals surface area (Å²) < 4.78 is 0. The lowest BCUT2D eigenvalue weighted by Gasteiger charge is -1.96. The van der Waals surface area contributed by atoms with Gasteiger partial charge in [0.1, 0.15) is 0 Å². The van der Waals surface area contributed by atoms with Crippen LogP contribution in [0.5, 0.6) is 0 Å². The van der Waals surface area contributed by atoms with Gasteiger partial charge in [0.2, 0.25) is 5.78 Å². The van der Waals surface area contributed by atoms with Crippen LogP contribution in [0.25, 0.3) is 10.9 Å². The summed E-state index contributed by atoms with van der Waals surface area (Å²) in [6.45, 7) is 1.98. The van der Waals surface area contributed by atoms with Gasteiger partial charge < -0.3 is 4.98 Å². The van der Waals surface area contributed by atoms with Crippen LogP contribution in [0.3, 0.4) is 0 Å². The standard InChI is InChI=1S/C15H10N2OS/c1-9-2-5-14(19-9)15(18)12-8-17-13-6-10(7-16)3-4-11(12)13/h2-6,8,17H,1H3. The minimum absolute atomic E-state index is 0.0223. The number of rotatable bonds is 2. The van der Waals surface area contributed by atoms with Crippen LogP contribution in [0.1, 0.15) is 25.7 Å². The lowest BCUT2D eigenvalue weighted by molar-refractivity contribution is 0.104. The molecule has 3 nitrogen and oxygen atoms in total. The van der Waals surface area contributed by atoms with Crippen LogP contribution in [0.4, 0.5) is 0 Å². The van der Waals surface area contributed by atoms with E-state index in [4.69, 9.17) is 5.26 Å². The second-order valence-electron chi connectivity index (χ2n) is 4.31. The van der Waals surface area contributed by atoms with E-state index in [9.17, 15) is 4.79 Å². The van der Waals surface area contributed by atoms with E-state index < -0.39 is 0 Å². The number of aromatic amines is 1. The molecule has 3 rings (SSSR count). The lowest BCUT2D eigenvalue weighted by Crippen LogP contribution is -1.96. The third-order valence-electron chi connectivity index (χ3n) is 3.02. The van der Waals surface area contributed by atoms with Gasteiger partial charge in [-0.2, -0.15) is 5.26 Å². The minimum atomic E-state index is 0.0223. The number of fused-ring (bicyclic) bond motifs is 1. The van der Waals surface area contributed by atoms with Gasteiger partial charge in [-0.3, -0.25) is 4.79 Å². The Labute approximate surface area is 114 Å². The fraction of sp³-hybridized carbons (Fsp3) is 0.0667. The summed E-state index contributed by atoms with van der Waals surface area (Å²) in [4.78, 5) is 17.3. The van der Waals surface area contributed by atoms with Gasteiger partial charge in [-0.1, -0.05) is 6.07 Å². The highest BCUT2D eigenvalue weighted by atomic mass is 32.1. The zero-order valence-electron chi connectivity index (χ0n) is 10.2. The van der Waals surface area contributed by atoms with Crippen molar-refractivity contribution in [3.8, 4) is 6.07 Å². The highest BCUT2D eigenvalue weighted by molar-refractivity contribution is 7.14. The molecule has 4 heteroatoms. The molecule has 0 unspecified atom stereocenters. The Kier molecular flexibility index (Phi) is 2.69. The molecule has 2 heterocycles. The minimum Gasteiger partial charge on any atom is -0.360 e. The van der Waals surface area contributed by atoms with Gasteiger partial charge in [0.05, 0.1) is 16.5 Å². The summed E-state index contributed by atoms with van der Waals surface area (Å²) in [5, 5.41) is 9.72. The summed E-state index contributed by atoms with van der Waals surface area (Å²) >= 11 is 1.49. The van der Waals surface area contributed by atoms with Crippen molar-refractivity contribution in [3.05, 3.63) is 57.4 Å². The van der Waals surface area contributed by atoms with Crippen molar-refractivity contribution in [2.45, 2.75) is 6.92 Å². The first-order valence-electron chi connectivity index (χ1n) is 5.81. The number of nitrogens with one attached hydrogen (secondary N) is 1. The molecule has 0 atom stereocenters. The van der Waals surface area contributed by atoms with Gasteiger partial charge in [-0.15, -0.1) is 11.3 Å². The van der Waals surface area contributed by atoms with Crippen molar-refractivity contribution in [1.82, 2.24) is 4.98 Å². The number of H-pyrrole nitrogens is 1. The van der Waals surface area contributed by atoms with Crippen molar-refractivity contribution in [3.63, 3.8) is 0 Å². The number of aryl methyl sites for hydroxylation is 1. The van der Waals surface area contributed by atoms with E-state index >= 15 is 0 Å². The van der Waals surface area contributed by atoms with Crippen LogP contribution >= 0.6 is 11.3 Å². The molecule has 0 saturated carbocycles. The lowest BCUT2D eigenvalue weighted by atomic mass is 10.1. The van der Waals surface area contributed by atoms with Crippen LogP contribution < -0.4 is 0 Å². The fourth-order valence-corrected chi connectivity index (χ4v) is 2.89. The molecular weight excluding hydrogens is 256 g/mol. The highest BCUT2D eigenvalue weighted by Crippen LogP contribution is 2.25. The summed E-state index contributed by atoms with van der Waals surface area (Å²) in [6, 6.07) is 11.2.